The lowest BCUT2D eigenvalue weighted by atomic mass is 9.97. The van der Waals surface area contributed by atoms with E-state index in [9.17, 15) is 27.8 Å². The molecule has 216 valence electrons. The van der Waals surface area contributed by atoms with Gasteiger partial charge < -0.3 is 15.1 Å². The van der Waals surface area contributed by atoms with Gasteiger partial charge in [0.15, 0.2) is 0 Å². The van der Waals surface area contributed by atoms with Crippen molar-refractivity contribution in [2.45, 2.75) is 84.6 Å². The molecule has 1 heterocycles. The maximum Gasteiger partial charge on any atom is 0.239 e. The standard InChI is InChI=1S/C28H41FN4O5S/c1-17(2)26-24(14-13-22(34)15-23(35)16-25(36)33(18(3)4)19(5)6)27(20-9-11-21(29)12-10-20)31-28(30-26)32(7)39(8,37)38/h9-14,17-19,22-23,34-35H,15-16H2,1-8H3/t22-,23-/m1/s1. The van der Waals surface area contributed by atoms with E-state index in [2.05, 4.69) is 9.97 Å². The van der Waals surface area contributed by atoms with Crippen molar-refractivity contribution in [1.29, 1.82) is 0 Å². The zero-order valence-corrected chi connectivity index (χ0v) is 24.8. The average molecular weight is 565 g/mol. The smallest absolute Gasteiger partial charge is 0.239 e. The minimum atomic E-state index is -3.65. The Balaban J connectivity index is 2.44. The molecule has 0 fully saturated rings. The topological polar surface area (TPSA) is 124 Å². The van der Waals surface area contributed by atoms with Crippen molar-refractivity contribution in [3.63, 3.8) is 0 Å². The number of anilines is 1. The molecule has 0 saturated carbocycles. The number of aromatic nitrogens is 2. The van der Waals surface area contributed by atoms with E-state index in [1.807, 2.05) is 41.5 Å². The van der Waals surface area contributed by atoms with Gasteiger partial charge in [-0.1, -0.05) is 26.0 Å². The number of benzene rings is 1. The Bertz CT molecular complexity index is 1260. The molecular formula is C28H41FN4O5S. The summed E-state index contributed by atoms with van der Waals surface area (Å²) in [5.41, 5.74) is 1.95. The molecule has 39 heavy (non-hydrogen) atoms. The molecular weight excluding hydrogens is 523 g/mol. The van der Waals surface area contributed by atoms with E-state index >= 15 is 0 Å². The first-order valence-corrected chi connectivity index (χ1v) is 14.8. The number of hydrogen-bond acceptors (Lipinski definition) is 7. The van der Waals surface area contributed by atoms with Gasteiger partial charge in [0.25, 0.3) is 0 Å². The lowest BCUT2D eigenvalue weighted by Crippen LogP contribution is -2.43. The van der Waals surface area contributed by atoms with Crippen LogP contribution in [0.1, 0.15) is 71.6 Å². The van der Waals surface area contributed by atoms with Crippen LogP contribution in [0.15, 0.2) is 30.3 Å². The van der Waals surface area contributed by atoms with Crippen LogP contribution >= 0.6 is 0 Å². The van der Waals surface area contributed by atoms with Crippen LogP contribution in [-0.2, 0) is 14.8 Å². The van der Waals surface area contributed by atoms with Crippen LogP contribution in [0.3, 0.4) is 0 Å². The third-order valence-electron chi connectivity index (χ3n) is 6.22. The number of amides is 1. The third kappa shape index (κ3) is 8.81. The van der Waals surface area contributed by atoms with Crippen molar-refractivity contribution in [1.82, 2.24) is 14.9 Å². The highest BCUT2D eigenvalue weighted by Gasteiger charge is 2.25. The minimum absolute atomic E-state index is 0.0152. The Hall–Kier alpha value is -2.89. The molecule has 1 aromatic carbocycles. The summed E-state index contributed by atoms with van der Waals surface area (Å²) in [6, 6.07) is 5.59. The predicted octanol–water partition coefficient (Wildman–Crippen LogP) is 3.96. The van der Waals surface area contributed by atoms with Gasteiger partial charge in [-0.15, -0.1) is 0 Å². The summed E-state index contributed by atoms with van der Waals surface area (Å²) in [5.74, 6) is -0.817. The van der Waals surface area contributed by atoms with Gasteiger partial charge in [0.2, 0.25) is 21.9 Å². The van der Waals surface area contributed by atoms with Crippen LogP contribution in [0.2, 0.25) is 0 Å². The fourth-order valence-corrected chi connectivity index (χ4v) is 4.70. The molecule has 1 amide bonds. The molecule has 0 aliphatic heterocycles. The Morgan fingerprint density at radius 2 is 1.59 bits per heavy atom. The van der Waals surface area contributed by atoms with E-state index in [1.165, 1.54) is 37.4 Å². The van der Waals surface area contributed by atoms with Gasteiger partial charge in [-0.3, -0.25) is 4.79 Å². The number of carbonyl (C=O) groups excluding carboxylic acids is 1. The molecule has 9 nitrogen and oxygen atoms in total. The van der Waals surface area contributed by atoms with Crippen LogP contribution in [0.4, 0.5) is 10.3 Å². The van der Waals surface area contributed by atoms with Crippen molar-refractivity contribution < 1.29 is 27.8 Å². The Labute approximate surface area is 231 Å². The van der Waals surface area contributed by atoms with E-state index in [0.29, 0.717) is 22.5 Å². The van der Waals surface area contributed by atoms with E-state index in [0.717, 1.165) is 10.6 Å². The first-order valence-electron chi connectivity index (χ1n) is 13.0. The minimum Gasteiger partial charge on any atom is -0.392 e. The fraction of sp³-hybridized carbons (Fsp3) is 0.536. The van der Waals surface area contributed by atoms with Crippen molar-refractivity contribution >= 4 is 28.0 Å². The van der Waals surface area contributed by atoms with Crippen molar-refractivity contribution in [2.24, 2.45) is 0 Å². The van der Waals surface area contributed by atoms with Crippen LogP contribution in [0, 0.1) is 5.82 Å². The van der Waals surface area contributed by atoms with Crippen LogP contribution in [-0.4, -0.2) is 77.0 Å². The highest BCUT2D eigenvalue weighted by molar-refractivity contribution is 7.92. The van der Waals surface area contributed by atoms with E-state index in [4.69, 9.17) is 0 Å². The van der Waals surface area contributed by atoms with E-state index in [-0.39, 0.29) is 42.7 Å². The van der Waals surface area contributed by atoms with Crippen LogP contribution in [0.25, 0.3) is 17.3 Å². The second-order valence-electron chi connectivity index (χ2n) is 10.6. The highest BCUT2D eigenvalue weighted by Crippen LogP contribution is 2.31. The van der Waals surface area contributed by atoms with Gasteiger partial charge in [-0.05, 0) is 57.9 Å². The Morgan fingerprint density at radius 1 is 1.03 bits per heavy atom. The molecule has 2 aromatic rings. The molecule has 0 bridgehead atoms. The fourth-order valence-electron chi connectivity index (χ4n) is 4.32. The maximum atomic E-state index is 13.7. The van der Waals surface area contributed by atoms with Crippen molar-refractivity contribution in [2.75, 3.05) is 17.6 Å². The molecule has 0 unspecified atom stereocenters. The lowest BCUT2D eigenvalue weighted by molar-refractivity contribution is -0.137. The zero-order valence-electron chi connectivity index (χ0n) is 24.0. The van der Waals surface area contributed by atoms with Gasteiger partial charge in [-0.25, -0.2) is 27.1 Å². The van der Waals surface area contributed by atoms with Gasteiger partial charge in [0.1, 0.15) is 5.82 Å². The van der Waals surface area contributed by atoms with Gasteiger partial charge >= 0.3 is 0 Å². The van der Waals surface area contributed by atoms with Crippen LogP contribution in [0.5, 0.6) is 0 Å². The molecule has 2 atom stereocenters. The summed E-state index contributed by atoms with van der Waals surface area (Å²) in [7, 11) is -2.30. The monoisotopic (exact) mass is 564 g/mol. The van der Waals surface area contributed by atoms with Crippen molar-refractivity contribution in [3.8, 4) is 11.3 Å². The molecule has 2 rings (SSSR count). The van der Waals surface area contributed by atoms with E-state index in [1.54, 1.807) is 11.0 Å². The maximum absolute atomic E-state index is 13.7. The predicted molar refractivity (Wildman–Crippen MR) is 152 cm³/mol. The first kappa shape index (κ1) is 32.3. The number of sulfonamides is 1. The number of hydrogen-bond donors (Lipinski definition) is 2. The molecule has 0 radical (unpaired) electrons. The number of aliphatic hydroxyl groups excluding tert-OH is 2. The second-order valence-corrected chi connectivity index (χ2v) is 12.6. The SMILES string of the molecule is CC(C)c1nc(N(C)S(C)(=O)=O)nc(-c2ccc(F)cc2)c1C=C[C@@H](O)C[C@@H](O)CC(=O)N(C(C)C)C(C)C. The number of aliphatic hydroxyl groups is 2. The lowest BCUT2D eigenvalue weighted by Gasteiger charge is -2.31. The zero-order chi connectivity index (χ0) is 29.7. The molecule has 2 N–H and O–H groups in total. The quantitative estimate of drug-likeness (QED) is 0.400. The molecule has 0 saturated heterocycles. The Morgan fingerprint density at radius 3 is 2.08 bits per heavy atom. The summed E-state index contributed by atoms with van der Waals surface area (Å²) < 4.78 is 39.0. The van der Waals surface area contributed by atoms with E-state index < -0.39 is 28.0 Å². The van der Waals surface area contributed by atoms with Gasteiger partial charge in [0, 0.05) is 36.7 Å². The first-order chi connectivity index (χ1) is 18.0. The van der Waals surface area contributed by atoms with Crippen LogP contribution < -0.4 is 4.31 Å². The summed E-state index contributed by atoms with van der Waals surface area (Å²) in [6.07, 6.45) is 1.82. The normalized spacial score (nSPS) is 13.9. The molecule has 0 spiro atoms. The average Bonchev–Trinajstić information content (AvgIpc) is 2.80. The van der Waals surface area contributed by atoms with Crippen molar-refractivity contribution in [3.05, 3.63) is 47.4 Å². The summed E-state index contributed by atoms with van der Waals surface area (Å²) >= 11 is 0. The molecule has 0 aliphatic rings. The highest BCUT2D eigenvalue weighted by atomic mass is 32.2. The van der Waals surface area contributed by atoms with Gasteiger partial charge in [0.05, 0.1) is 36.3 Å². The number of rotatable bonds is 12. The molecule has 11 heteroatoms. The van der Waals surface area contributed by atoms with Gasteiger partial charge in [-0.2, -0.15) is 0 Å². The molecule has 0 aliphatic carbocycles. The number of carbonyl (C=O) groups is 1. The molecule has 1 aromatic heterocycles. The summed E-state index contributed by atoms with van der Waals surface area (Å²) in [4.78, 5) is 23.4. The summed E-state index contributed by atoms with van der Waals surface area (Å²) in [6.45, 7) is 11.4. The number of nitrogens with zero attached hydrogens (tertiary/aromatic N) is 4. The number of halogens is 1. The second kappa shape index (κ2) is 13.5. The largest absolute Gasteiger partial charge is 0.392 e. The third-order valence-corrected chi connectivity index (χ3v) is 7.37. The summed E-state index contributed by atoms with van der Waals surface area (Å²) in [5, 5.41) is 21.2. The Kier molecular flexibility index (Phi) is 11.1.